The molecule has 0 saturated heterocycles. The standard InChI is InChI=1S/C12H10F3NO3/c13-12(14,15)10-6-5-9(4-2-1-3-7-17)11(8-10)16(18)19/h5-6,8,17H,1,3,7H2. The number of hydrogen-bond acceptors (Lipinski definition) is 3. The van der Waals surface area contributed by atoms with Crippen molar-refractivity contribution < 1.29 is 23.2 Å². The molecule has 0 unspecified atom stereocenters. The van der Waals surface area contributed by atoms with Crippen LogP contribution in [0.4, 0.5) is 18.9 Å². The van der Waals surface area contributed by atoms with Crippen molar-refractivity contribution in [2.45, 2.75) is 19.0 Å². The Balaban J connectivity index is 3.11. The molecule has 0 aliphatic rings. The summed E-state index contributed by atoms with van der Waals surface area (Å²) in [6, 6.07) is 2.20. The number of nitrogens with zero attached hydrogens (tertiary/aromatic N) is 1. The summed E-state index contributed by atoms with van der Waals surface area (Å²) < 4.78 is 37.3. The molecule has 0 aromatic heterocycles. The average Bonchev–Trinajstić information content (AvgIpc) is 2.33. The quantitative estimate of drug-likeness (QED) is 0.398. The van der Waals surface area contributed by atoms with E-state index in [2.05, 4.69) is 11.8 Å². The van der Waals surface area contributed by atoms with E-state index in [0.29, 0.717) is 18.9 Å². The van der Waals surface area contributed by atoms with E-state index in [1.807, 2.05) is 0 Å². The summed E-state index contributed by atoms with van der Waals surface area (Å²) in [4.78, 5) is 9.82. The van der Waals surface area contributed by atoms with Crippen LogP contribution in [0.3, 0.4) is 0 Å². The van der Waals surface area contributed by atoms with E-state index in [-0.39, 0.29) is 12.2 Å². The molecule has 0 radical (unpaired) electrons. The Morgan fingerprint density at radius 3 is 2.58 bits per heavy atom. The molecule has 0 saturated carbocycles. The first-order chi connectivity index (χ1) is 8.86. The highest BCUT2D eigenvalue weighted by Crippen LogP contribution is 2.32. The number of nitro benzene ring substituents is 1. The van der Waals surface area contributed by atoms with Crippen molar-refractivity contribution in [1.82, 2.24) is 0 Å². The molecule has 0 aliphatic heterocycles. The second-order valence-corrected chi connectivity index (χ2v) is 3.62. The molecule has 7 heteroatoms. The SMILES string of the molecule is O=[N+]([O-])c1cc(C(F)(F)F)ccc1C#CCCCO. The van der Waals surface area contributed by atoms with Gasteiger partial charge in [0.1, 0.15) is 5.56 Å². The molecule has 0 aliphatic carbocycles. The van der Waals surface area contributed by atoms with Crippen LogP contribution in [0.25, 0.3) is 0 Å². The van der Waals surface area contributed by atoms with Gasteiger partial charge in [0.05, 0.1) is 10.5 Å². The van der Waals surface area contributed by atoms with Gasteiger partial charge in [0.15, 0.2) is 0 Å². The van der Waals surface area contributed by atoms with Gasteiger partial charge in [-0.15, -0.1) is 0 Å². The first-order valence-electron chi connectivity index (χ1n) is 5.31. The molecule has 0 atom stereocenters. The maximum atomic E-state index is 12.4. The Morgan fingerprint density at radius 1 is 1.37 bits per heavy atom. The maximum Gasteiger partial charge on any atom is 0.416 e. The molecular weight excluding hydrogens is 263 g/mol. The fraction of sp³-hybridized carbons (Fsp3) is 0.333. The first kappa shape index (κ1) is 15.0. The van der Waals surface area contributed by atoms with Gasteiger partial charge in [0, 0.05) is 19.1 Å². The lowest BCUT2D eigenvalue weighted by atomic mass is 10.1. The van der Waals surface area contributed by atoms with Crippen molar-refractivity contribution in [3.63, 3.8) is 0 Å². The summed E-state index contributed by atoms with van der Waals surface area (Å²) in [6.45, 7) is -0.0657. The Kier molecular flexibility index (Phi) is 4.89. The summed E-state index contributed by atoms with van der Waals surface area (Å²) in [5.41, 5.74) is -1.83. The zero-order chi connectivity index (χ0) is 14.5. The number of alkyl halides is 3. The monoisotopic (exact) mass is 273 g/mol. The van der Waals surface area contributed by atoms with E-state index in [0.717, 1.165) is 12.1 Å². The number of halogens is 3. The highest BCUT2D eigenvalue weighted by molar-refractivity contribution is 5.53. The van der Waals surface area contributed by atoms with E-state index >= 15 is 0 Å². The molecule has 0 heterocycles. The summed E-state index contributed by atoms with van der Waals surface area (Å²) >= 11 is 0. The summed E-state index contributed by atoms with van der Waals surface area (Å²) in [5.74, 6) is 5.00. The maximum absolute atomic E-state index is 12.4. The number of rotatable bonds is 3. The van der Waals surface area contributed by atoms with Gasteiger partial charge in [-0.2, -0.15) is 13.2 Å². The Hall–Kier alpha value is -2.07. The van der Waals surface area contributed by atoms with Gasteiger partial charge in [0.2, 0.25) is 0 Å². The fourth-order valence-electron chi connectivity index (χ4n) is 1.29. The van der Waals surface area contributed by atoms with Crippen LogP contribution in [0.15, 0.2) is 18.2 Å². The van der Waals surface area contributed by atoms with Gasteiger partial charge in [-0.1, -0.05) is 11.8 Å². The fourth-order valence-corrected chi connectivity index (χ4v) is 1.29. The first-order valence-corrected chi connectivity index (χ1v) is 5.31. The molecule has 1 aromatic carbocycles. The lowest BCUT2D eigenvalue weighted by molar-refractivity contribution is -0.385. The summed E-state index contributed by atoms with van der Waals surface area (Å²) in [7, 11) is 0. The van der Waals surface area contributed by atoms with Crippen molar-refractivity contribution in [2.24, 2.45) is 0 Å². The number of aliphatic hydroxyl groups is 1. The molecule has 1 N–H and O–H groups in total. The second-order valence-electron chi connectivity index (χ2n) is 3.62. The predicted octanol–water partition coefficient (Wildman–Crippen LogP) is 2.74. The molecule has 0 spiro atoms. The van der Waals surface area contributed by atoms with E-state index in [1.54, 1.807) is 0 Å². The Bertz CT molecular complexity index is 529. The van der Waals surface area contributed by atoms with Crippen LogP contribution in [-0.2, 0) is 6.18 Å². The van der Waals surface area contributed by atoms with Crippen LogP contribution in [-0.4, -0.2) is 16.6 Å². The minimum Gasteiger partial charge on any atom is -0.396 e. The lowest BCUT2D eigenvalue weighted by Gasteiger charge is -2.06. The van der Waals surface area contributed by atoms with E-state index in [9.17, 15) is 23.3 Å². The van der Waals surface area contributed by atoms with Crippen molar-refractivity contribution >= 4 is 5.69 Å². The minimum atomic E-state index is -4.63. The van der Waals surface area contributed by atoms with Crippen LogP contribution >= 0.6 is 0 Å². The molecule has 1 rings (SSSR count). The number of benzene rings is 1. The molecule has 4 nitrogen and oxygen atoms in total. The third-order valence-corrected chi connectivity index (χ3v) is 2.20. The van der Waals surface area contributed by atoms with Crippen molar-refractivity contribution in [3.05, 3.63) is 39.4 Å². The van der Waals surface area contributed by atoms with Crippen LogP contribution < -0.4 is 0 Å². The van der Waals surface area contributed by atoms with Gasteiger partial charge in [-0.05, 0) is 18.6 Å². The molecule has 1 aromatic rings. The third kappa shape index (κ3) is 4.26. The number of aliphatic hydroxyl groups excluding tert-OH is 1. The van der Waals surface area contributed by atoms with Gasteiger partial charge in [0.25, 0.3) is 5.69 Å². The van der Waals surface area contributed by atoms with Crippen LogP contribution in [0.1, 0.15) is 24.0 Å². The molecule has 19 heavy (non-hydrogen) atoms. The largest absolute Gasteiger partial charge is 0.416 e. The van der Waals surface area contributed by atoms with Gasteiger partial charge in [-0.25, -0.2) is 0 Å². The number of hydrogen-bond donors (Lipinski definition) is 1. The average molecular weight is 273 g/mol. The smallest absolute Gasteiger partial charge is 0.396 e. The number of unbranched alkanes of at least 4 members (excludes halogenated alkanes) is 1. The third-order valence-electron chi connectivity index (χ3n) is 2.20. The van der Waals surface area contributed by atoms with Crippen molar-refractivity contribution in [2.75, 3.05) is 6.61 Å². The topological polar surface area (TPSA) is 63.4 Å². The van der Waals surface area contributed by atoms with Crippen molar-refractivity contribution in [1.29, 1.82) is 0 Å². The minimum absolute atomic E-state index is 0.0657. The van der Waals surface area contributed by atoms with Crippen LogP contribution in [0.5, 0.6) is 0 Å². The van der Waals surface area contributed by atoms with E-state index in [1.165, 1.54) is 0 Å². The molecule has 102 valence electrons. The van der Waals surface area contributed by atoms with Crippen LogP contribution in [0, 0.1) is 22.0 Å². The van der Waals surface area contributed by atoms with Crippen molar-refractivity contribution in [3.8, 4) is 11.8 Å². The number of nitro groups is 1. The predicted molar refractivity (Wildman–Crippen MR) is 61.3 cm³/mol. The molecule has 0 bridgehead atoms. The Labute approximate surface area is 107 Å². The van der Waals surface area contributed by atoms with E-state index < -0.39 is 22.4 Å². The van der Waals surface area contributed by atoms with Crippen LogP contribution in [0.2, 0.25) is 0 Å². The lowest BCUT2D eigenvalue weighted by Crippen LogP contribution is -2.06. The molecule has 0 amide bonds. The van der Waals surface area contributed by atoms with Gasteiger partial charge >= 0.3 is 6.18 Å². The summed E-state index contributed by atoms with van der Waals surface area (Å²) in [5, 5.41) is 19.3. The van der Waals surface area contributed by atoms with Gasteiger partial charge in [-0.3, -0.25) is 10.1 Å². The molecular formula is C12H10F3NO3. The second kappa shape index (κ2) is 6.20. The Morgan fingerprint density at radius 2 is 2.05 bits per heavy atom. The van der Waals surface area contributed by atoms with Gasteiger partial charge < -0.3 is 5.11 Å². The zero-order valence-corrected chi connectivity index (χ0v) is 9.70. The highest BCUT2D eigenvalue weighted by Gasteiger charge is 2.32. The normalized spacial score (nSPS) is 10.7. The highest BCUT2D eigenvalue weighted by atomic mass is 19.4. The molecule has 0 fully saturated rings. The zero-order valence-electron chi connectivity index (χ0n) is 9.70. The summed E-state index contributed by atoms with van der Waals surface area (Å²) in [6.07, 6.45) is -3.91. The van der Waals surface area contributed by atoms with E-state index in [4.69, 9.17) is 5.11 Å².